The summed E-state index contributed by atoms with van der Waals surface area (Å²) in [7, 11) is 0. The summed E-state index contributed by atoms with van der Waals surface area (Å²) < 4.78 is 16.2. The normalized spacial score (nSPS) is 27.4. The highest BCUT2D eigenvalue weighted by atomic mass is 16.7. The summed E-state index contributed by atoms with van der Waals surface area (Å²) in [4.78, 5) is 0. The first-order valence-corrected chi connectivity index (χ1v) is 5.56. The largest absolute Gasteiger partial charge is 0.459 e. The van der Waals surface area contributed by atoms with Gasteiger partial charge in [0.2, 0.25) is 0 Å². The lowest BCUT2D eigenvalue weighted by Gasteiger charge is -2.33. The third kappa shape index (κ3) is 1.99. The second-order valence-corrected chi connectivity index (χ2v) is 4.14. The molecular weight excluding hydrogens is 220 g/mol. The highest BCUT2D eigenvalue weighted by Gasteiger charge is 2.43. The van der Waals surface area contributed by atoms with Gasteiger partial charge in [0.05, 0.1) is 6.61 Å². The molecule has 0 amide bonds. The molecule has 2 heterocycles. The van der Waals surface area contributed by atoms with Crippen LogP contribution in [0.2, 0.25) is 0 Å². The van der Waals surface area contributed by atoms with E-state index in [9.17, 15) is 0 Å². The highest BCUT2D eigenvalue weighted by molar-refractivity contribution is 5.47. The van der Waals surface area contributed by atoms with E-state index in [1.807, 2.05) is 18.2 Å². The van der Waals surface area contributed by atoms with Crippen LogP contribution >= 0.6 is 0 Å². The van der Waals surface area contributed by atoms with Crippen LogP contribution in [0.25, 0.3) is 0 Å². The summed E-state index contributed by atoms with van der Waals surface area (Å²) in [6.45, 7) is 1.22. The van der Waals surface area contributed by atoms with Crippen LogP contribution < -0.4 is 0 Å². The van der Waals surface area contributed by atoms with Gasteiger partial charge in [-0.05, 0) is 5.56 Å². The molecule has 5 nitrogen and oxygen atoms in total. The molecule has 0 spiro atoms. The van der Waals surface area contributed by atoms with Gasteiger partial charge in [0.25, 0.3) is 0 Å². The van der Waals surface area contributed by atoms with Crippen LogP contribution in [-0.2, 0) is 20.6 Å². The SMILES string of the molecule is C1=NN(C2(Cc3ccccc3)COCO2)CO1. The summed E-state index contributed by atoms with van der Waals surface area (Å²) >= 11 is 0. The molecule has 5 heteroatoms. The molecule has 0 aliphatic carbocycles. The fourth-order valence-electron chi connectivity index (χ4n) is 2.10. The number of rotatable bonds is 3. The van der Waals surface area contributed by atoms with Gasteiger partial charge in [-0.25, -0.2) is 5.01 Å². The van der Waals surface area contributed by atoms with Crippen molar-refractivity contribution in [3.63, 3.8) is 0 Å². The molecule has 1 saturated heterocycles. The Hall–Kier alpha value is -1.59. The maximum atomic E-state index is 5.74. The Balaban J connectivity index is 1.82. The number of hydrogen-bond acceptors (Lipinski definition) is 5. The van der Waals surface area contributed by atoms with Gasteiger partial charge < -0.3 is 14.2 Å². The van der Waals surface area contributed by atoms with Crippen LogP contribution in [0.4, 0.5) is 0 Å². The predicted octanol–water partition coefficient (Wildman–Crippen LogP) is 1.16. The smallest absolute Gasteiger partial charge is 0.195 e. The number of hydrazone groups is 1. The molecule has 0 radical (unpaired) electrons. The number of benzene rings is 1. The second kappa shape index (κ2) is 4.35. The average molecular weight is 234 g/mol. The van der Waals surface area contributed by atoms with Crippen molar-refractivity contribution < 1.29 is 14.2 Å². The monoisotopic (exact) mass is 234 g/mol. The van der Waals surface area contributed by atoms with Crippen LogP contribution in [0.3, 0.4) is 0 Å². The van der Waals surface area contributed by atoms with Gasteiger partial charge in [-0.3, -0.25) is 0 Å². The molecule has 0 N–H and O–H groups in total. The Kier molecular flexibility index (Phi) is 2.70. The van der Waals surface area contributed by atoms with Crippen molar-refractivity contribution in [3.05, 3.63) is 35.9 Å². The second-order valence-electron chi connectivity index (χ2n) is 4.14. The van der Waals surface area contributed by atoms with E-state index in [4.69, 9.17) is 14.2 Å². The minimum absolute atomic E-state index is 0.304. The lowest BCUT2D eigenvalue weighted by atomic mass is 10.0. The summed E-state index contributed by atoms with van der Waals surface area (Å²) in [5, 5.41) is 5.97. The van der Waals surface area contributed by atoms with Crippen molar-refractivity contribution in [2.24, 2.45) is 5.10 Å². The zero-order chi connectivity index (χ0) is 11.6. The quantitative estimate of drug-likeness (QED) is 0.787. The summed E-state index contributed by atoms with van der Waals surface area (Å²) in [6, 6.07) is 10.2. The lowest BCUT2D eigenvalue weighted by Crippen LogP contribution is -2.49. The zero-order valence-electron chi connectivity index (χ0n) is 9.41. The molecule has 1 atom stereocenters. The maximum absolute atomic E-state index is 5.74. The fraction of sp³-hybridized carbons (Fsp3) is 0.417. The Labute approximate surface area is 99.6 Å². The van der Waals surface area contributed by atoms with E-state index in [0.29, 0.717) is 20.1 Å². The van der Waals surface area contributed by atoms with Gasteiger partial charge in [0.1, 0.15) is 6.79 Å². The summed E-state index contributed by atoms with van der Waals surface area (Å²) in [5.74, 6) is 0. The summed E-state index contributed by atoms with van der Waals surface area (Å²) in [5.41, 5.74) is 0.661. The van der Waals surface area contributed by atoms with E-state index >= 15 is 0 Å². The molecule has 17 heavy (non-hydrogen) atoms. The minimum atomic E-state index is -0.533. The van der Waals surface area contributed by atoms with Crippen LogP contribution in [0, 0.1) is 0 Å². The first kappa shape index (κ1) is 10.6. The molecule has 3 rings (SSSR count). The van der Waals surface area contributed by atoms with Gasteiger partial charge >= 0.3 is 0 Å². The van der Waals surface area contributed by atoms with E-state index in [-0.39, 0.29) is 0 Å². The molecule has 2 aliphatic heterocycles. The zero-order valence-corrected chi connectivity index (χ0v) is 9.41. The number of hydrogen-bond donors (Lipinski definition) is 0. The molecule has 0 bridgehead atoms. The van der Waals surface area contributed by atoms with E-state index in [1.54, 1.807) is 5.01 Å². The first-order valence-electron chi connectivity index (χ1n) is 5.56. The molecule has 0 aromatic heterocycles. The Morgan fingerprint density at radius 3 is 2.82 bits per heavy atom. The molecular formula is C12H14N2O3. The van der Waals surface area contributed by atoms with Gasteiger partial charge in [-0.1, -0.05) is 30.3 Å². The fourth-order valence-corrected chi connectivity index (χ4v) is 2.10. The van der Waals surface area contributed by atoms with Gasteiger partial charge in [0.15, 0.2) is 18.9 Å². The average Bonchev–Trinajstić information content (AvgIpc) is 3.01. The maximum Gasteiger partial charge on any atom is 0.195 e. The van der Waals surface area contributed by atoms with Crippen LogP contribution in [0.1, 0.15) is 5.56 Å². The molecule has 1 fully saturated rings. The lowest BCUT2D eigenvalue weighted by molar-refractivity contribution is -0.128. The molecule has 90 valence electrons. The van der Waals surface area contributed by atoms with Gasteiger partial charge in [0, 0.05) is 6.42 Å². The van der Waals surface area contributed by atoms with Crippen LogP contribution in [0.15, 0.2) is 35.4 Å². The van der Waals surface area contributed by atoms with Gasteiger partial charge in [-0.2, -0.15) is 0 Å². The molecule has 0 saturated carbocycles. The highest BCUT2D eigenvalue weighted by Crippen LogP contribution is 2.29. The van der Waals surface area contributed by atoms with E-state index in [2.05, 4.69) is 17.2 Å². The third-order valence-corrected chi connectivity index (χ3v) is 2.99. The van der Waals surface area contributed by atoms with Crippen molar-refractivity contribution >= 4 is 6.40 Å². The van der Waals surface area contributed by atoms with Crippen molar-refractivity contribution in [3.8, 4) is 0 Å². The third-order valence-electron chi connectivity index (χ3n) is 2.99. The van der Waals surface area contributed by atoms with Crippen molar-refractivity contribution in [2.45, 2.75) is 12.1 Å². The van der Waals surface area contributed by atoms with E-state index < -0.39 is 5.72 Å². The summed E-state index contributed by atoms with van der Waals surface area (Å²) in [6.07, 6.45) is 2.17. The first-order chi connectivity index (χ1) is 8.39. The Bertz CT molecular complexity index is 401. The van der Waals surface area contributed by atoms with Crippen molar-refractivity contribution in [1.29, 1.82) is 0 Å². The molecule has 1 unspecified atom stereocenters. The van der Waals surface area contributed by atoms with E-state index in [0.717, 1.165) is 6.42 Å². The molecule has 1 aromatic rings. The van der Waals surface area contributed by atoms with Crippen molar-refractivity contribution in [1.82, 2.24) is 5.01 Å². The predicted molar refractivity (Wildman–Crippen MR) is 61.1 cm³/mol. The minimum Gasteiger partial charge on any atom is -0.459 e. The standard InChI is InChI=1S/C12H14N2O3/c1-2-4-11(5-3-1)6-12(7-15-10-17-12)14-9-16-8-13-14/h1-5,8H,6-7,9-10H2. The molecule has 1 aromatic carbocycles. The van der Waals surface area contributed by atoms with E-state index in [1.165, 1.54) is 12.0 Å². The number of nitrogens with zero attached hydrogens (tertiary/aromatic N) is 2. The van der Waals surface area contributed by atoms with Crippen molar-refractivity contribution in [2.75, 3.05) is 20.1 Å². The Morgan fingerprint density at radius 2 is 2.18 bits per heavy atom. The van der Waals surface area contributed by atoms with Gasteiger partial charge in [-0.15, -0.1) is 5.10 Å². The molecule has 2 aliphatic rings. The number of ether oxygens (including phenoxy) is 3. The van der Waals surface area contributed by atoms with Crippen LogP contribution in [0.5, 0.6) is 0 Å². The van der Waals surface area contributed by atoms with Crippen LogP contribution in [-0.4, -0.2) is 37.3 Å². The Morgan fingerprint density at radius 1 is 1.29 bits per heavy atom. The topological polar surface area (TPSA) is 43.3 Å².